The largest absolute Gasteiger partial charge is 0.281 e. The molecule has 0 saturated heterocycles. The van der Waals surface area contributed by atoms with E-state index in [4.69, 9.17) is 0 Å². The Morgan fingerprint density at radius 1 is 1.22 bits per heavy atom. The molecule has 0 aliphatic carbocycles. The molecule has 0 aliphatic heterocycles. The van der Waals surface area contributed by atoms with Crippen LogP contribution in [0.5, 0.6) is 0 Å². The number of aromatic nitrogens is 2. The molecule has 3 rings (SSSR count). The van der Waals surface area contributed by atoms with E-state index in [1.165, 1.54) is 23.3 Å². The van der Waals surface area contributed by atoms with Gasteiger partial charge in [-0.2, -0.15) is 4.31 Å². The van der Waals surface area contributed by atoms with Crippen LogP contribution in [-0.2, 0) is 21.4 Å². The van der Waals surface area contributed by atoms with E-state index in [1.807, 2.05) is 37.3 Å². The molecule has 1 aromatic carbocycles. The van der Waals surface area contributed by atoms with Crippen LogP contribution >= 0.6 is 11.3 Å². The molecule has 0 fully saturated rings. The Morgan fingerprint density at radius 3 is 2.67 bits per heavy atom. The molecule has 0 atom stereocenters. The van der Waals surface area contributed by atoms with Crippen molar-refractivity contribution in [1.82, 2.24) is 14.3 Å². The second kappa shape index (κ2) is 7.71. The number of likely N-dealkylation sites (N-methyl/N-ethyl adjacent to an activating group) is 1. The number of anilines is 1. The van der Waals surface area contributed by atoms with Crippen LogP contribution in [0.3, 0.4) is 0 Å². The summed E-state index contributed by atoms with van der Waals surface area (Å²) in [4.78, 5) is 23.2. The van der Waals surface area contributed by atoms with Gasteiger partial charge in [0.2, 0.25) is 15.9 Å². The van der Waals surface area contributed by atoms with Gasteiger partial charge in [0.05, 0.1) is 35.3 Å². The van der Waals surface area contributed by atoms with Gasteiger partial charge in [-0.05, 0) is 36.8 Å². The molecule has 7 nitrogen and oxygen atoms in total. The number of fused-ring (bicyclic) bond motifs is 1. The first-order chi connectivity index (χ1) is 12.7. The van der Waals surface area contributed by atoms with Gasteiger partial charge in [-0.25, -0.2) is 13.4 Å². The van der Waals surface area contributed by atoms with Crippen molar-refractivity contribution in [1.29, 1.82) is 0 Å². The van der Waals surface area contributed by atoms with Crippen molar-refractivity contribution in [3.8, 4) is 0 Å². The molecule has 0 radical (unpaired) electrons. The van der Waals surface area contributed by atoms with Crippen LogP contribution in [0, 0.1) is 6.92 Å². The lowest BCUT2D eigenvalue weighted by molar-refractivity contribution is -0.118. The summed E-state index contributed by atoms with van der Waals surface area (Å²) in [6, 6.07) is 11.4. The van der Waals surface area contributed by atoms with Crippen LogP contribution < -0.4 is 4.90 Å². The number of carbonyl (C=O) groups is 1. The van der Waals surface area contributed by atoms with Crippen molar-refractivity contribution >= 4 is 42.6 Å². The summed E-state index contributed by atoms with van der Waals surface area (Å²) in [5.74, 6) is -0.357. The molecule has 9 heteroatoms. The average molecular weight is 405 g/mol. The molecule has 1 amide bonds. The highest BCUT2D eigenvalue weighted by Gasteiger charge is 2.24. The predicted molar refractivity (Wildman–Crippen MR) is 107 cm³/mol. The summed E-state index contributed by atoms with van der Waals surface area (Å²) in [6.07, 6.45) is 2.73. The summed E-state index contributed by atoms with van der Waals surface area (Å²) >= 11 is 1.40. The van der Waals surface area contributed by atoms with Crippen LogP contribution in [0.2, 0.25) is 0 Å². The summed E-state index contributed by atoms with van der Waals surface area (Å²) in [6.45, 7) is 1.95. The first-order valence-electron chi connectivity index (χ1n) is 8.23. The van der Waals surface area contributed by atoms with E-state index in [1.54, 1.807) is 12.3 Å². The number of hydrogen-bond donors (Lipinski definition) is 0. The predicted octanol–water partition coefficient (Wildman–Crippen LogP) is 2.42. The highest BCUT2D eigenvalue weighted by Crippen LogP contribution is 2.30. The number of nitrogens with zero attached hydrogens (tertiary/aromatic N) is 4. The van der Waals surface area contributed by atoms with Gasteiger partial charge in [0, 0.05) is 13.2 Å². The highest BCUT2D eigenvalue weighted by atomic mass is 32.2. The Kier molecular flexibility index (Phi) is 5.54. The topological polar surface area (TPSA) is 83.5 Å². The third kappa shape index (κ3) is 4.68. The monoisotopic (exact) mass is 404 g/mol. The fourth-order valence-corrected chi connectivity index (χ4v) is 3.87. The van der Waals surface area contributed by atoms with E-state index >= 15 is 0 Å². The maximum atomic E-state index is 12.9. The number of pyridine rings is 1. The minimum atomic E-state index is -3.46. The molecular formula is C18H20N4O3S2. The summed E-state index contributed by atoms with van der Waals surface area (Å²) < 4.78 is 25.4. The first-order valence-corrected chi connectivity index (χ1v) is 10.9. The zero-order valence-corrected chi connectivity index (χ0v) is 16.9. The van der Waals surface area contributed by atoms with Crippen LogP contribution in [-0.4, -0.2) is 48.4 Å². The average Bonchev–Trinajstić information content (AvgIpc) is 3.02. The maximum absolute atomic E-state index is 12.9. The highest BCUT2D eigenvalue weighted by molar-refractivity contribution is 7.88. The Bertz CT molecular complexity index is 1060. The number of benzene rings is 1. The Labute approximate surface area is 162 Å². The Balaban J connectivity index is 1.96. The van der Waals surface area contributed by atoms with E-state index in [0.29, 0.717) is 10.8 Å². The normalized spacial score (nSPS) is 11.9. The number of sulfonamides is 1. The fraction of sp³-hybridized carbons (Fsp3) is 0.278. The molecule has 0 saturated carbocycles. The second-order valence-electron chi connectivity index (χ2n) is 6.29. The van der Waals surface area contributed by atoms with Gasteiger partial charge in [0.15, 0.2) is 5.13 Å². The SMILES string of the molecule is Cc1ccc2nc(N(Cc3ccccn3)C(=O)CN(C)S(C)(=O)=O)sc2c1. The summed E-state index contributed by atoms with van der Waals surface area (Å²) in [7, 11) is -2.08. The maximum Gasteiger partial charge on any atom is 0.244 e. The molecule has 0 aliphatic rings. The van der Waals surface area contributed by atoms with Crippen molar-refractivity contribution in [2.45, 2.75) is 13.5 Å². The van der Waals surface area contributed by atoms with Crippen molar-refractivity contribution in [3.05, 3.63) is 53.9 Å². The lowest BCUT2D eigenvalue weighted by Gasteiger charge is -2.22. The molecule has 0 unspecified atom stereocenters. The van der Waals surface area contributed by atoms with E-state index in [0.717, 1.165) is 26.3 Å². The quantitative estimate of drug-likeness (QED) is 0.630. The third-order valence-corrected chi connectivity index (χ3v) is 6.34. The van der Waals surface area contributed by atoms with Crippen molar-refractivity contribution in [3.63, 3.8) is 0 Å². The summed E-state index contributed by atoms with van der Waals surface area (Å²) in [5.41, 5.74) is 2.61. The zero-order chi connectivity index (χ0) is 19.6. The van der Waals surface area contributed by atoms with E-state index in [9.17, 15) is 13.2 Å². The molecule has 27 heavy (non-hydrogen) atoms. The zero-order valence-electron chi connectivity index (χ0n) is 15.3. The van der Waals surface area contributed by atoms with Crippen LogP contribution in [0.15, 0.2) is 42.6 Å². The van der Waals surface area contributed by atoms with Crippen molar-refractivity contribution < 1.29 is 13.2 Å². The number of aryl methyl sites for hydroxylation is 1. The minimum absolute atomic E-state index is 0.218. The molecule has 2 aromatic heterocycles. The fourth-order valence-electron chi connectivity index (χ4n) is 2.44. The van der Waals surface area contributed by atoms with Gasteiger partial charge in [-0.3, -0.25) is 14.7 Å². The number of hydrogen-bond acceptors (Lipinski definition) is 6. The molecule has 0 N–H and O–H groups in total. The van der Waals surface area contributed by atoms with Gasteiger partial charge < -0.3 is 0 Å². The van der Waals surface area contributed by atoms with Crippen LogP contribution in [0.4, 0.5) is 5.13 Å². The lowest BCUT2D eigenvalue weighted by atomic mass is 10.2. The van der Waals surface area contributed by atoms with E-state index < -0.39 is 10.0 Å². The molecule has 0 bridgehead atoms. The minimum Gasteiger partial charge on any atom is -0.281 e. The number of rotatable bonds is 6. The third-order valence-electron chi connectivity index (χ3n) is 4.03. The van der Waals surface area contributed by atoms with Gasteiger partial charge in [-0.15, -0.1) is 0 Å². The van der Waals surface area contributed by atoms with Crippen LogP contribution in [0.25, 0.3) is 10.2 Å². The number of carbonyl (C=O) groups excluding carboxylic acids is 1. The standard InChI is InChI=1S/C18H20N4O3S2/c1-13-7-8-15-16(10-13)26-18(20-15)22(11-14-6-4-5-9-19-14)17(23)12-21(2)27(3,24)25/h4-10H,11-12H2,1-3H3. The van der Waals surface area contributed by atoms with E-state index in [-0.39, 0.29) is 19.0 Å². The van der Waals surface area contributed by atoms with Gasteiger partial charge >= 0.3 is 0 Å². The molecule has 142 valence electrons. The van der Waals surface area contributed by atoms with E-state index in [2.05, 4.69) is 9.97 Å². The Hall–Kier alpha value is -2.36. The van der Waals surface area contributed by atoms with Crippen molar-refractivity contribution in [2.75, 3.05) is 24.7 Å². The Morgan fingerprint density at radius 2 is 2.00 bits per heavy atom. The van der Waals surface area contributed by atoms with Gasteiger partial charge in [0.1, 0.15) is 0 Å². The summed E-state index contributed by atoms with van der Waals surface area (Å²) in [5, 5.41) is 0.521. The lowest BCUT2D eigenvalue weighted by Crippen LogP contribution is -2.40. The number of thiazole rings is 1. The van der Waals surface area contributed by atoms with Gasteiger partial charge in [0.25, 0.3) is 0 Å². The second-order valence-corrected chi connectivity index (χ2v) is 9.39. The number of amides is 1. The van der Waals surface area contributed by atoms with Crippen LogP contribution in [0.1, 0.15) is 11.3 Å². The van der Waals surface area contributed by atoms with Gasteiger partial charge in [-0.1, -0.05) is 23.5 Å². The smallest absolute Gasteiger partial charge is 0.244 e. The van der Waals surface area contributed by atoms with Crippen molar-refractivity contribution in [2.24, 2.45) is 0 Å². The molecule has 3 aromatic rings. The molecular weight excluding hydrogens is 384 g/mol. The molecule has 2 heterocycles. The first kappa shape index (κ1) is 19.4. The molecule has 0 spiro atoms.